The molecule has 1 heterocycles. The molecule has 202 valence electrons. The predicted octanol–water partition coefficient (Wildman–Crippen LogP) is 4.00. The largest absolute Gasteiger partial charge is 0.459 e. The summed E-state index contributed by atoms with van der Waals surface area (Å²) in [5, 5.41) is 0. The molecule has 0 aliphatic rings. The first-order chi connectivity index (χ1) is 17.8. The number of ether oxygens (including phenoxy) is 2. The van der Waals surface area contributed by atoms with Gasteiger partial charge in [0.25, 0.3) is 0 Å². The molecule has 10 nitrogen and oxygen atoms in total. The molecule has 0 saturated carbocycles. The van der Waals surface area contributed by atoms with Gasteiger partial charge in [0.1, 0.15) is 44.0 Å². The van der Waals surface area contributed by atoms with Gasteiger partial charge in [-0.25, -0.2) is 28.9 Å². The third kappa shape index (κ3) is 9.69. The van der Waals surface area contributed by atoms with Gasteiger partial charge in [0.05, 0.1) is 5.69 Å². The Bertz CT molecular complexity index is 1220. The van der Waals surface area contributed by atoms with Crippen LogP contribution in [0.1, 0.15) is 11.6 Å². The second-order valence-electron chi connectivity index (χ2n) is 6.83. The van der Waals surface area contributed by atoms with Crippen molar-refractivity contribution < 1.29 is 33.0 Å². The van der Waals surface area contributed by atoms with E-state index in [4.69, 9.17) is 79.1 Å². The molecule has 1 aromatic carbocycles. The molecule has 38 heavy (non-hydrogen) atoms. The summed E-state index contributed by atoms with van der Waals surface area (Å²) >= 11 is 35.2. The van der Waals surface area contributed by atoms with Crippen molar-refractivity contribution in [3.05, 3.63) is 47.8 Å². The van der Waals surface area contributed by atoms with Crippen LogP contribution in [0, 0.1) is 5.82 Å². The van der Waals surface area contributed by atoms with E-state index in [0.717, 1.165) is 23.1 Å². The number of carbonyl (C=O) groups is 2. The van der Waals surface area contributed by atoms with E-state index in [1.54, 1.807) is 0 Å². The molecule has 0 spiro atoms. The van der Waals surface area contributed by atoms with Gasteiger partial charge < -0.3 is 14.4 Å². The Morgan fingerprint density at radius 3 is 1.74 bits per heavy atom. The van der Waals surface area contributed by atoms with E-state index in [1.165, 1.54) is 24.0 Å². The zero-order valence-corrected chi connectivity index (χ0v) is 23.1. The zero-order valence-electron chi connectivity index (χ0n) is 18.6. The standard InChI is InChI=1S/C21H13Cl6FN4O6/c22-20(23,24)18-29-17(30-19(31-18)21(25,26)27)12-3-4-14(13(28)9-12)32(10-15(35)37-7-1-5-33)11-16(36)38-8-2-6-34/h1-4,9H,7-8,10-11H2. The number of esters is 2. The van der Waals surface area contributed by atoms with E-state index in [9.17, 15) is 19.2 Å². The van der Waals surface area contributed by atoms with E-state index in [-0.39, 0.29) is 30.3 Å². The number of hydrogen-bond donors (Lipinski definition) is 0. The highest BCUT2D eigenvalue weighted by Gasteiger charge is 2.34. The highest BCUT2D eigenvalue weighted by Crippen LogP contribution is 2.41. The fourth-order valence-electron chi connectivity index (χ4n) is 2.63. The van der Waals surface area contributed by atoms with Crippen LogP contribution >= 0.6 is 69.6 Å². The molecule has 0 radical (unpaired) electrons. The quantitative estimate of drug-likeness (QED) is 0.212. The van der Waals surface area contributed by atoms with Crippen molar-refractivity contribution in [3.8, 4) is 11.4 Å². The van der Waals surface area contributed by atoms with Crippen molar-refractivity contribution in [3.63, 3.8) is 0 Å². The predicted molar refractivity (Wildman–Crippen MR) is 138 cm³/mol. The molecular weight excluding hydrogens is 636 g/mol. The number of nitrogens with zero attached hydrogens (tertiary/aromatic N) is 4. The number of alkyl halides is 6. The van der Waals surface area contributed by atoms with Gasteiger partial charge >= 0.3 is 11.9 Å². The molecule has 2 aromatic rings. The average molecular weight is 649 g/mol. The lowest BCUT2D eigenvalue weighted by Crippen LogP contribution is -2.36. The first-order valence-corrected chi connectivity index (χ1v) is 12.2. The highest BCUT2D eigenvalue weighted by atomic mass is 35.6. The fourth-order valence-corrected chi connectivity index (χ4v) is 3.13. The van der Waals surface area contributed by atoms with Crippen LogP contribution in [0.5, 0.6) is 0 Å². The van der Waals surface area contributed by atoms with Crippen molar-refractivity contribution in [2.24, 2.45) is 0 Å². The van der Waals surface area contributed by atoms with Crippen LogP contribution in [0.3, 0.4) is 0 Å². The average Bonchev–Trinajstić information content (AvgIpc) is 2.82. The third-order valence-corrected chi connectivity index (χ3v) is 5.17. The minimum absolute atomic E-state index is 0.0250. The summed E-state index contributed by atoms with van der Waals surface area (Å²) in [6.07, 6.45) is 1.81. The van der Waals surface area contributed by atoms with Crippen LogP contribution in [0.15, 0.2) is 30.4 Å². The first-order valence-electron chi connectivity index (χ1n) is 9.91. The van der Waals surface area contributed by atoms with E-state index in [1.807, 2.05) is 0 Å². The number of anilines is 1. The van der Waals surface area contributed by atoms with Crippen molar-refractivity contribution in [2.45, 2.75) is 7.59 Å². The van der Waals surface area contributed by atoms with Gasteiger partial charge in [0, 0.05) is 17.7 Å². The Morgan fingerprint density at radius 1 is 0.868 bits per heavy atom. The van der Waals surface area contributed by atoms with E-state index >= 15 is 4.39 Å². The zero-order chi connectivity index (χ0) is 28.5. The molecule has 0 atom stereocenters. The lowest BCUT2D eigenvalue weighted by atomic mass is 10.1. The number of carbonyl (C=O) groups excluding carboxylic acids is 4. The molecule has 0 N–H and O–H groups in total. The van der Waals surface area contributed by atoms with Crippen LogP contribution in [0.25, 0.3) is 11.4 Å². The summed E-state index contributed by atoms with van der Waals surface area (Å²) in [5.41, 5.74) is -0.214. The maximum atomic E-state index is 15.3. The van der Waals surface area contributed by atoms with Gasteiger partial charge in [0.15, 0.2) is 17.5 Å². The minimum Gasteiger partial charge on any atom is -0.459 e. The third-order valence-electron chi connectivity index (χ3n) is 4.15. The normalized spacial score (nSPS) is 11.1. The monoisotopic (exact) mass is 646 g/mol. The van der Waals surface area contributed by atoms with E-state index in [0.29, 0.717) is 0 Å². The number of hydrogen-bond acceptors (Lipinski definition) is 10. The summed E-state index contributed by atoms with van der Waals surface area (Å²) in [5.74, 6) is -0.938. The van der Waals surface area contributed by atoms with Crippen molar-refractivity contribution in [1.29, 1.82) is 0 Å². The molecule has 0 aliphatic carbocycles. The smallest absolute Gasteiger partial charge is 0.325 e. The van der Waals surface area contributed by atoms with Gasteiger partial charge in [-0.1, -0.05) is 69.6 Å². The Kier molecular flexibility index (Phi) is 11.8. The van der Waals surface area contributed by atoms with E-state index in [2.05, 4.69) is 15.0 Å². The SMILES string of the molecule is O=C=CCOC(=O)CN(CC(=O)OCC=C=O)c1ccc(-c2nc(C(Cl)(Cl)Cl)nc(C(Cl)(Cl)Cl)n2)cc1F. The molecule has 0 aliphatic heterocycles. The van der Waals surface area contributed by atoms with Crippen LogP contribution in [0.4, 0.5) is 10.1 Å². The maximum Gasteiger partial charge on any atom is 0.325 e. The maximum absolute atomic E-state index is 15.3. The van der Waals surface area contributed by atoms with Crippen LogP contribution < -0.4 is 4.90 Å². The van der Waals surface area contributed by atoms with Crippen LogP contribution in [0.2, 0.25) is 0 Å². The van der Waals surface area contributed by atoms with Crippen LogP contribution in [-0.4, -0.2) is 65.1 Å². The van der Waals surface area contributed by atoms with E-state index < -0.39 is 50.1 Å². The van der Waals surface area contributed by atoms with Gasteiger partial charge in [-0.3, -0.25) is 9.59 Å². The highest BCUT2D eigenvalue weighted by molar-refractivity contribution is 6.67. The number of benzene rings is 1. The molecular formula is C21H13Cl6FN4O6. The van der Waals surface area contributed by atoms with Crippen molar-refractivity contribution >= 4 is 99.1 Å². The number of aromatic nitrogens is 3. The summed E-state index contributed by atoms with van der Waals surface area (Å²) in [6.45, 7) is -2.02. The molecule has 0 saturated heterocycles. The van der Waals surface area contributed by atoms with Crippen molar-refractivity contribution in [1.82, 2.24) is 15.0 Å². The van der Waals surface area contributed by atoms with Crippen molar-refractivity contribution in [2.75, 3.05) is 31.2 Å². The molecule has 0 unspecified atom stereocenters. The lowest BCUT2D eigenvalue weighted by molar-refractivity contribution is -0.141. The molecule has 0 amide bonds. The van der Waals surface area contributed by atoms with Gasteiger partial charge in [-0.15, -0.1) is 0 Å². The number of rotatable bonds is 10. The lowest BCUT2D eigenvalue weighted by Gasteiger charge is -2.23. The Labute approximate surface area is 244 Å². The van der Waals surface area contributed by atoms with Gasteiger partial charge in [-0.2, -0.15) is 0 Å². The van der Waals surface area contributed by atoms with Gasteiger partial charge in [0.2, 0.25) is 7.59 Å². The topological polar surface area (TPSA) is 129 Å². The summed E-state index contributed by atoms with van der Waals surface area (Å²) in [7, 11) is 0. The molecule has 1 aromatic heterocycles. The Hall–Kier alpha value is -2.46. The summed E-state index contributed by atoms with van der Waals surface area (Å²) < 4.78 is 20.6. The minimum atomic E-state index is -2.14. The molecule has 0 fully saturated rings. The van der Waals surface area contributed by atoms with Crippen LogP contribution in [-0.2, 0) is 36.2 Å². The second kappa shape index (κ2) is 14.1. The molecule has 0 bridgehead atoms. The second-order valence-corrected chi connectivity index (χ2v) is 11.4. The first kappa shape index (κ1) is 31.8. The van der Waals surface area contributed by atoms with Gasteiger partial charge in [-0.05, 0) is 18.2 Å². The summed E-state index contributed by atoms with van der Waals surface area (Å²) in [6, 6.07) is 3.45. The molecule has 2 rings (SSSR count). The summed E-state index contributed by atoms with van der Waals surface area (Å²) in [4.78, 5) is 57.6. The fraction of sp³-hybridized carbons (Fsp3) is 0.286. The Balaban J connectivity index is 2.46. The number of halogens is 7. The Morgan fingerprint density at radius 2 is 1.34 bits per heavy atom. The molecule has 17 heteroatoms.